The Hall–Kier alpha value is -1.68. The predicted octanol–water partition coefficient (Wildman–Crippen LogP) is 1.65. The lowest BCUT2D eigenvalue weighted by Gasteiger charge is -2.18. The molecule has 100 valence electrons. The van der Waals surface area contributed by atoms with Crippen molar-refractivity contribution < 1.29 is 9.59 Å². The number of imide groups is 1. The molecule has 1 aromatic rings. The third kappa shape index (κ3) is 1.87. The number of nitrogens with one attached hydrogen (secondary N) is 1. The Morgan fingerprint density at radius 1 is 1.16 bits per heavy atom. The smallest absolute Gasteiger partial charge is 0.261 e. The first kappa shape index (κ1) is 12.4. The fourth-order valence-corrected chi connectivity index (χ4v) is 3.02. The van der Waals surface area contributed by atoms with Gasteiger partial charge in [0.2, 0.25) is 0 Å². The highest BCUT2D eigenvalue weighted by Crippen LogP contribution is 2.29. The van der Waals surface area contributed by atoms with Crippen LogP contribution < -0.4 is 5.32 Å². The maximum Gasteiger partial charge on any atom is 0.261 e. The van der Waals surface area contributed by atoms with Gasteiger partial charge < -0.3 is 5.32 Å². The molecule has 0 bridgehead atoms. The number of amides is 2. The van der Waals surface area contributed by atoms with Crippen LogP contribution in [0.5, 0.6) is 0 Å². The van der Waals surface area contributed by atoms with Crippen LogP contribution in [0.2, 0.25) is 0 Å². The van der Waals surface area contributed by atoms with Crippen molar-refractivity contribution in [2.45, 2.75) is 32.7 Å². The number of carbonyl (C=O) groups is 2. The molecule has 4 nitrogen and oxygen atoms in total. The van der Waals surface area contributed by atoms with Gasteiger partial charge >= 0.3 is 0 Å². The van der Waals surface area contributed by atoms with Gasteiger partial charge in [-0.25, -0.2) is 0 Å². The van der Waals surface area contributed by atoms with Crippen LogP contribution in [0.4, 0.5) is 0 Å². The number of fused-ring (bicyclic) bond motifs is 1. The Kier molecular flexibility index (Phi) is 2.90. The second-order valence-corrected chi connectivity index (χ2v) is 5.46. The Morgan fingerprint density at radius 3 is 2.21 bits per heavy atom. The van der Waals surface area contributed by atoms with Crippen molar-refractivity contribution in [1.82, 2.24) is 10.2 Å². The summed E-state index contributed by atoms with van der Waals surface area (Å²) in [6.45, 7) is 5.25. The van der Waals surface area contributed by atoms with Gasteiger partial charge in [-0.05, 0) is 44.4 Å². The van der Waals surface area contributed by atoms with E-state index in [9.17, 15) is 9.59 Å². The number of benzene rings is 1. The van der Waals surface area contributed by atoms with Crippen molar-refractivity contribution in [2.75, 3.05) is 13.1 Å². The van der Waals surface area contributed by atoms with E-state index in [1.165, 1.54) is 4.90 Å². The summed E-state index contributed by atoms with van der Waals surface area (Å²) < 4.78 is 0. The summed E-state index contributed by atoms with van der Waals surface area (Å²) in [5.74, 6) is -0.259. The summed E-state index contributed by atoms with van der Waals surface area (Å²) in [7, 11) is 0. The second-order valence-electron chi connectivity index (χ2n) is 5.46. The first-order valence-corrected chi connectivity index (χ1v) is 6.79. The average molecular weight is 258 g/mol. The number of hydrogen-bond acceptors (Lipinski definition) is 3. The summed E-state index contributed by atoms with van der Waals surface area (Å²) in [6.07, 6.45) is 2.15. The maximum atomic E-state index is 12.4. The number of rotatable bonds is 2. The van der Waals surface area contributed by atoms with E-state index >= 15 is 0 Å². The van der Waals surface area contributed by atoms with Gasteiger partial charge in [0.05, 0.1) is 11.1 Å². The summed E-state index contributed by atoms with van der Waals surface area (Å²) in [5, 5.41) is 3.33. The van der Waals surface area contributed by atoms with Gasteiger partial charge in [0.1, 0.15) is 0 Å². The summed E-state index contributed by atoms with van der Waals surface area (Å²) in [4.78, 5) is 26.3. The molecule has 0 aromatic heterocycles. The van der Waals surface area contributed by atoms with Gasteiger partial charge in [0.15, 0.2) is 0 Å². The number of hydrogen-bond donors (Lipinski definition) is 1. The molecule has 2 amide bonds. The molecular weight excluding hydrogens is 240 g/mol. The van der Waals surface area contributed by atoms with E-state index in [1.807, 2.05) is 26.0 Å². The van der Waals surface area contributed by atoms with E-state index in [1.54, 1.807) is 0 Å². The Bertz CT molecular complexity index is 519. The van der Waals surface area contributed by atoms with Gasteiger partial charge in [-0.1, -0.05) is 12.1 Å². The first-order valence-electron chi connectivity index (χ1n) is 6.79. The van der Waals surface area contributed by atoms with E-state index in [2.05, 4.69) is 5.32 Å². The molecule has 19 heavy (non-hydrogen) atoms. The monoisotopic (exact) mass is 258 g/mol. The molecule has 3 rings (SSSR count). The van der Waals surface area contributed by atoms with Gasteiger partial charge in [0.25, 0.3) is 11.8 Å². The van der Waals surface area contributed by atoms with E-state index in [0.717, 1.165) is 30.5 Å². The van der Waals surface area contributed by atoms with Crippen LogP contribution in [-0.4, -0.2) is 35.8 Å². The zero-order valence-corrected chi connectivity index (χ0v) is 11.3. The van der Waals surface area contributed by atoms with E-state index in [-0.39, 0.29) is 17.9 Å². The third-order valence-corrected chi connectivity index (χ3v) is 4.11. The maximum absolute atomic E-state index is 12.4. The molecule has 1 unspecified atom stereocenters. The van der Waals surface area contributed by atoms with Crippen molar-refractivity contribution in [3.8, 4) is 0 Å². The fraction of sp³-hybridized carbons (Fsp3) is 0.467. The molecule has 1 fully saturated rings. The van der Waals surface area contributed by atoms with E-state index in [4.69, 9.17) is 0 Å². The SMILES string of the molecule is Cc1ccc(C)c2c1C(=O)N(CC1CCCN1)C2=O. The molecule has 0 spiro atoms. The van der Waals surface area contributed by atoms with Crippen molar-refractivity contribution in [1.29, 1.82) is 0 Å². The molecule has 2 aliphatic heterocycles. The van der Waals surface area contributed by atoms with Gasteiger partial charge in [-0.15, -0.1) is 0 Å². The highest BCUT2D eigenvalue weighted by Gasteiger charge is 2.39. The minimum atomic E-state index is -0.130. The third-order valence-electron chi connectivity index (χ3n) is 4.11. The lowest BCUT2D eigenvalue weighted by Crippen LogP contribution is -2.40. The molecule has 2 aliphatic rings. The van der Waals surface area contributed by atoms with Gasteiger partial charge in [-0.3, -0.25) is 14.5 Å². The molecule has 1 saturated heterocycles. The average Bonchev–Trinajstić information content (AvgIpc) is 2.97. The molecule has 1 atom stereocenters. The van der Waals surface area contributed by atoms with Crippen LogP contribution in [0.25, 0.3) is 0 Å². The Labute approximate surface area is 112 Å². The van der Waals surface area contributed by atoms with Gasteiger partial charge in [0, 0.05) is 12.6 Å². The fourth-order valence-electron chi connectivity index (χ4n) is 3.02. The number of nitrogens with zero attached hydrogens (tertiary/aromatic N) is 1. The van der Waals surface area contributed by atoms with Crippen LogP contribution in [0, 0.1) is 13.8 Å². The molecule has 0 aliphatic carbocycles. The van der Waals surface area contributed by atoms with E-state index < -0.39 is 0 Å². The minimum Gasteiger partial charge on any atom is -0.312 e. The normalized spacial score (nSPS) is 22.2. The summed E-state index contributed by atoms with van der Waals surface area (Å²) in [5.41, 5.74) is 2.98. The zero-order chi connectivity index (χ0) is 13.6. The number of carbonyl (C=O) groups excluding carboxylic acids is 2. The highest BCUT2D eigenvalue weighted by atomic mass is 16.2. The van der Waals surface area contributed by atoms with Crippen molar-refractivity contribution >= 4 is 11.8 Å². The van der Waals surface area contributed by atoms with Crippen LogP contribution in [-0.2, 0) is 0 Å². The van der Waals surface area contributed by atoms with Gasteiger partial charge in [-0.2, -0.15) is 0 Å². The largest absolute Gasteiger partial charge is 0.312 e. The van der Waals surface area contributed by atoms with Crippen molar-refractivity contribution in [3.63, 3.8) is 0 Å². The standard InChI is InChI=1S/C15H18N2O2/c1-9-5-6-10(2)13-12(9)14(18)17(15(13)19)8-11-4-3-7-16-11/h5-6,11,16H,3-4,7-8H2,1-2H3. The highest BCUT2D eigenvalue weighted by molar-refractivity contribution is 6.22. The van der Waals surface area contributed by atoms with Crippen LogP contribution in [0.3, 0.4) is 0 Å². The molecule has 0 radical (unpaired) electrons. The zero-order valence-electron chi connectivity index (χ0n) is 11.3. The molecular formula is C15H18N2O2. The van der Waals surface area contributed by atoms with Crippen LogP contribution >= 0.6 is 0 Å². The van der Waals surface area contributed by atoms with Crippen molar-refractivity contribution in [2.24, 2.45) is 0 Å². The molecule has 0 saturated carbocycles. The lowest BCUT2D eigenvalue weighted by molar-refractivity contribution is 0.0641. The Morgan fingerprint density at radius 2 is 1.74 bits per heavy atom. The van der Waals surface area contributed by atoms with Crippen molar-refractivity contribution in [3.05, 3.63) is 34.4 Å². The Balaban J connectivity index is 1.95. The lowest BCUT2D eigenvalue weighted by atomic mass is 9.99. The van der Waals surface area contributed by atoms with Crippen LogP contribution in [0.15, 0.2) is 12.1 Å². The quantitative estimate of drug-likeness (QED) is 0.821. The predicted molar refractivity (Wildman–Crippen MR) is 72.3 cm³/mol. The first-order chi connectivity index (χ1) is 9.09. The summed E-state index contributed by atoms with van der Waals surface area (Å²) >= 11 is 0. The van der Waals surface area contributed by atoms with Crippen LogP contribution in [0.1, 0.15) is 44.7 Å². The molecule has 1 N–H and O–H groups in total. The second kappa shape index (κ2) is 4.46. The molecule has 2 heterocycles. The molecule has 1 aromatic carbocycles. The van der Waals surface area contributed by atoms with E-state index in [0.29, 0.717) is 17.7 Å². The number of aryl methyl sites for hydroxylation is 2. The minimum absolute atomic E-state index is 0.130. The topological polar surface area (TPSA) is 49.4 Å². The molecule has 4 heteroatoms. The summed E-state index contributed by atoms with van der Waals surface area (Å²) in [6, 6.07) is 4.08.